The van der Waals surface area contributed by atoms with Gasteiger partial charge in [0.1, 0.15) is 46.5 Å². The van der Waals surface area contributed by atoms with Gasteiger partial charge in [0.15, 0.2) is 0 Å². The Morgan fingerprint density at radius 3 is 2.67 bits per heavy atom. The predicted octanol–water partition coefficient (Wildman–Crippen LogP) is 4.09. The van der Waals surface area contributed by atoms with E-state index >= 15 is 0 Å². The van der Waals surface area contributed by atoms with Gasteiger partial charge >= 0.3 is 0 Å². The molecule has 190 valence electrons. The summed E-state index contributed by atoms with van der Waals surface area (Å²) in [5, 5.41) is 12.7. The van der Waals surface area contributed by atoms with Crippen LogP contribution in [0.1, 0.15) is 37.3 Å². The average molecular weight is 518 g/mol. The summed E-state index contributed by atoms with van der Waals surface area (Å²) in [7, 11) is 1.40. The van der Waals surface area contributed by atoms with E-state index in [9.17, 15) is 8.78 Å². The molecule has 1 aliphatic heterocycles. The van der Waals surface area contributed by atoms with Crippen molar-refractivity contribution in [1.29, 1.82) is 0 Å². The Labute approximate surface area is 211 Å². The summed E-state index contributed by atoms with van der Waals surface area (Å²) in [6, 6.07) is 4.41. The zero-order valence-corrected chi connectivity index (χ0v) is 20.9. The van der Waals surface area contributed by atoms with E-state index in [1.165, 1.54) is 13.3 Å². The quantitative estimate of drug-likeness (QED) is 0.395. The number of ether oxygens (including phenoxy) is 2. The highest BCUT2D eigenvalue weighted by Gasteiger charge is 2.32. The van der Waals surface area contributed by atoms with Crippen LogP contribution >= 0.6 is 11.6 Å². The molecule has 4 aromatic rings. The Kier molecular flexibility index (Phi) is 6.62. The van der Waals surface area contributed by atoms with Crippen LogP contribution in [0.3, 0.4) is 0 Å². The van der Waals surface area contributed by atoms with Gasteiger partial charge in [-0.15, -0.1) is 5.10 Å². The second-order valence-electron chi connectivity index (χ2n) is 9.09. The topological polar surface area (TPSA) is 91.4 Å². The van der Waals surface area contributed by atoms with Crippen LogP contribution in [-0.4, -0.2) is 56.2 Å². The van der Waals surface area contributed by atoms with Gasteiger partial charge in [-0.2, -0.15) is 0 Å². The maximum atomic E-state index is 14.3. The van der Waals surface area contributed by atoms with Gasteiger partial charge in [0.2, 0.25) is 5.88 Å². The van der Waals surface area contributed by atoms with E-state index < -0.39 is 17.7 Å². The molecule has 1 saturated heterocycles. The van der Waals surface area contributed by atoms with Crippen LogP contribution in [-0.2, 0) is 10.3 Å². The highest BCUT2D eigenvalue weighted by molar-refractivity contribution is 6.29. The van der Waals surface area contributed by atoms with Crippen molar-refractivity contribution in [3.63, 3.8) is 0 Å². The third-order valence-corrected chi connectivity index (χ3v) is 6.97. The molecule has 9 nitrogen and oxygen atoms in total. The van der Waals surface area contributed by atoms with E-state index in [-0.39, 0.29) is 17.8 Å². The van der Waals surface area contributed by atoms with Gasteiger partial charge in [-0.3, -0.25) is 9.38 Å². The van der Waals surface area contributed by atoms with E-state index in [0.717, 1.165) is 49.5 Å². The minimum atomic E-state index is -0.880. The Morgan fingerprint density at radius 2 is 1.94 bits per heavy atom. The van der Waals surface area contributed by atoms with Crippen LogP contribution in [0.15, 0.2) is 30.6 Å². The molecule has 1 N–H and O–H groups in total. The maximum absolute atomic E-state index is 14.3. The lowest BCUT2D eigenvalue weighted by atomic mass is 9.90. The van der Waals surface area contributed by atoms with Gasteiger partial charge in [0.05, 0.1) is 23.6 Å². The largest absolute Gasteiger partial charge is 0.475 e. The zero-order valence-electron chi connectivity index (χ0n) is 20.1. The van der Waals surface area contributed by atoms with Crippen molar-refractivity contribution >= 4 is 17.2 Å². The second-order valence-corrected chi connectivity index (χ2v) is 9.48. The molecular weight excluding hydrogens is 492 g/mol. The van der Waals surface area contributed by atoms with Crippen LogP contribution in [0.4, 0.5) is 8.78 Å². The molecule has 12 heteroatoms. The SMILES string of the molecule is COC(COc1cc(-c2nnn(C3(C)CCNCC3)c2C)cc2ncc(Cl)n12)c1ncc(F)cc1F. The van der Waals surface area contributed by atoms with Gasteiger partial charge in [-0.25, -0.2) is 18.4 Å². The van der Waals surface area contributed by atoms with Gasteiger partial charge < -0.3 is 14.8 Å². The first-order valence-corrected chi connectivity index (χ1v) is 12.0. The number of aromatic nitrogens is 6. The molecule has 0 saturated carbocycles. The number of rotatable bonds is 7. The normalized spacial score (nSPS) is 16.4. The summed E-state index contributed by atoms with van der Waals surface area (Å²) in [6.45, 7) is 5.93. The molecule has 1 aliphatic rings. The summed E-state index contributed by atoms with van der Waals surface area (Å²) < 4.78 is 42.7. The van der Waals surface area contributed by atoms with Crippen LogP contribution in [0.5, 0.6) is 5.88 Å². The lowest BCUT2D eigenvalue weighted by Crippen LogP contribution is -2.43. The van der Waals surface area contributed by atoms with Gasteiger partial charge in [-0.05, 0) is 45.8 Å². The smallest absolute Gasteiger partial charge is 0.201 e. The number of imidazole rings is 1. The van der Waals surface area contributed by atoms with Gasteiger partial charge in [-0.1, -0.05) is 16.8 Å². The summed E-state index contributed by atoms with van der Waals surface area (Å²) in [4.78, 5) is 8.21. The molecule has 1 unspecified atom stereocenters. The third kappa shape index (κ3) is 4.42. The van der Waals surface area contributed by atoms with Crippen molar-refractivity contribution in [2.24, 2.45) is 0 Å². The predicted molar refractivity (Wildman–Crippen MR) is 129 cm³/mol. The van der Waals surface area contributed by atoms with Crippen molar-refractivity contribution in [2.45, 2.75) is 38.3 Å². The number of hydrogen-bond acceptors (Lipinski definition) is 7. The first-order chi connectivity index (χ1) is 17.3. The van der Waals surface area contributed by atoms with Crippen molar-refractivity contribution in [3.8, 4) is 17.1 Å². The summed E-state index contributed by atoms with van der Waals surface area (Å²) >= 11 is 6.38. The fourth-order valence-corrected chi connectivity index (χ4v) is 4.87. The number of methoxy groups -OCH3 is 1. The fraction of sp³-hybridized carbons (Fsp3) is 0.417. The van der Waals surface area contributed by atoms with Crippen LogP contribution in [0, 0.1) is 18.6 Å². The molecule has 5 rings (SSSR count). The fourth-order valence-electron chi connectivity index (χ4n) is 4.65. The summed E-state index contributed by atoms with van der Waals surface area (Å²) in [6.07, 6.45) is 3.47. The Morgan fingerprint density at radius 1 is 1.17 bits per heavy atom. The lowest BCUT2D eigenvalue weighted by molar-refractivity contribution is 0.0497. The van der Waals surface area contributed by atoms with Crippen molar-refractivity contribution in [3.05, 3.63) is 58.8 Å². The third-order valence-electron chi connectivity index (χ3n) is 6.70. The first kappa shape index (κ1) is 24.5. The van der Waals surface area contributed by atoms with Crippen molar-refractivity contribution in [2.75, 3.05) is 26.8 Å². The van der Waals surface area contributed by atoms with E-state index in [1.54, 1.807) is 10.5 Å². The molecule has 4 aromatic heterocycles. The highest BCUT2D eigenvalue weighted by atomic mass is 35.5. The van der Waals surface area contributed by atoms with E-state index in [0.29, 0.717) is 22.4 Å². The molecule has 0 bridgehead atoms. The van der Waals surface area contributed by atoms with Crippen LogP contribution < -0.4 is 10.1 Å². The maximum Gasteiger partial charge on any atom is 0.201 e. The Hall–Kier alpha value is -3.15. The van der Waals surface area contributed by atoms with E-state index in [2.05, 4.69) is 32.5 Å². The molecule has 0 aliphatic carbocycles. The minimum absolute atomic E-state index is 0.0583. The number of halogens is 3. The van der Waals surface area contributed by atoms with Crippen molar-refractivity contribution < 1.29 is 18.3 Å². The molecule has 1 atom stereocenters. The summed E-state index contributed by atoms with van der Waals surface area (Å²) in [5.74, 6) is -1.23. The lowest BCUT2D eigenvalue weighted by Gasteiger charge is -2.34. The zero-order chi connectivity index (χ0) is 25.4. The molecule has 5 heterocycles. The average Bonchev–Trinajstić information content (AvgIpc) is 3.43. The number of nitrogens with zero attached hydrogens (tertiary/aromatic N) is 6. The molecule has 36 heavy (non-hydrogen) atoms. The Balaban J connectivity index is 1.49. The summed E-state index contributed by atoms with van der Waals surface area (Å²) in [5.41, 5.74) is 2.75. The van der Waals surface area contributed by atoms with Gasteiger partial charge in [0.25, 0.3) is 0 Å². The first-order valence-electron chi connectivity index (χ1n) is 11.6. The second kappa shape index (κ2) is 9.72. The van der Waals surface area contributed by atoms with Crippen LogP contribution in [0.25, 0.3) is 16.9 Å². The van der Waals surface area contributed by atoms with Crippen LogP contribution in [0.2, 0.25) is 5.15 Å². The van der Waals surface area contributed by atoms with Crippen molar-refractivity contribution in [1.82, 2.24) is 34.7 Å². The number of hydrogen-bond donors (Lipinski definition) is 1. The Bertz CT molecular complexity index is 1400. The monoisotopic (exact) mass is 517 g/mol. The molecule has 0 aromatic carbocycles. The molecule has 0 spiro atoms. The van der Waals surface area contributed by atoms with E-state index in [1.807, 2.05) is 17.7 Å². The highest BCUT2D eigenvalue weighted by Crippen LogP contribution is 2.34. The number of nitrogens with one attached hydrogen (secondary N) is 1. The molecule has 0 radical (unpaired) electrons. The minimum Gasteiger partial charge on any atom is -0.475 e. The molecular formula is C24H26ClF2N7O2. The standard InChI is InChI=1S/C24H26ClF2N7O2/c1-14-22(31-32-34(14)24(2)4-6-28-7-5-24)15-8-20-29-12-19(25)33(20)21(9-15)36-13-18(35-3)23-17(27)10-16(26)11-30-23/h8-12,18,28H,4-7,13H2,1-3H3. The number of pyridine rings is 2. The molecule has 1 fully saturated rings. The molecule has 0 amide bonds. The van der Waals surface area contributed by atoms with E-state index in [4.69, 9.17) is 21.1 Å². The number of piperidine rings is 1. The number of fused-ring (bicyclic) bond motifs is 1. The van der Waals surface area contributed by atoms with Gasteiger partial charge in [0, 0.05) is 24.8 Å².